The largest absolute Gasteiger partial charge is 0.256 e. The van der Waals surface area contributed by atoms with Gasteiger partial charge in [0.25, 0.3) is 0 Å². The maximum atomic E-state index is 4.32. The number of allylic oxidation sites excluding steroid dienone is 2. The molecule has 0 amide bonds. The first-order chi connectivity index (χ1) is 7.45. The summed E-state index contributed by atoms with van der Waals surface area (Å²) in [6, 6.07) is 10.1. The molecule has 2 heterocycles. The van der Waals surface area contributed by atoms with Gasteiger partial charge in [-0.15, -0.1) is 0 Å². The molecule has 1 aliphatic heterocycles. The summed E-state index contributed by atoms with van der Waals surface area (Å²) in [6.45, 7) is 0. The zero-order valence-electron chi connectivity index (χ0n) is 8.09. The number of nitrogens with zero attached hydrogens (tertiary/aromatic N) is 2. The van der Waals surface area contributed by atoms with Crippen LogP contribution < -0.4 is 5.32 Å². The molecule has 0 saturated carbocycles. The molecule has 0 unspecified atom stereocenters. The molecule has 1 aliphatic rings. The van der Waals surface area contributed by atoms with Crippen LogP contribution in [0.25, 0.3) is 16.6 Å². The summed E-state index contributed by atoms with van der Waals surface area (Å²) < 4.78 is 0. The second-order valence-corrected chi connectivity index (χ2v) is 3.40. The molecule has 2 aromatic rings. The Morgan fingerprint density at radius 3 is 2.80 bits per heavy atom. The summed E-state index contributed by atoms with van der Waals surface area (Å²) >= 11 is 0. The Balaban J connectivity index is 2.26. The van der Waals surface area contributed by atoms with Crippen molar-refractivity contribution >= 4 is 16.6 Å². The average Bonchev–Trinajstić information content (AvgIpc) is 2.82. The Hall–Kier alpha value is -2.09. The number of aromatic nitrogens is 1. The molecule has 0 aliphatic carbocycles. The summed E-state index contributed by atoms with van der Waals surface area (Å²) in [7, 11) is 0. The molecule has 0 N–H and O–H groups in total. The fourth-order valence-electron chi connectivity index (χ4n) is 1.78. The Morgan fingerprint density at radius 2 is 1.93 bits per heavy atom. The third-order valence-corrected chi connectivity index (χ3v) is 2.48. The van der Waals surface area contributed by atoms with Crippen molar-refractivity contribution in [3.8, 4) is 0 Å². The van der Waals surface area contributed by atoms with Gasteiger partial charge in [-0.1, -0.05) is 18.2 Å². The number of hydrogen-bond donors (Lipinski definition) is 0. The van der Waals surface area contributed by atoms with E-state index in [2.05, 4.69) is 16.4 Å². The molecule has 0 bridgehead atoms. The van der Waals surface area contributed by atoms with Crippen LogP contribution in [0.1, 0.15) is 5.56 Å². The van der Waals surface area contributed by atoms with E-state index in [-0.39, 0.29) is 0 Å². The molecule has 0 fully saturated rings. The zero-order valence-corrected chi connectivity index (χ0v) is 8.09. The predicted molar refractivity (Wildman–Crippen MR) is 61.0 cm³/mol. The van der Waals surface area contributed by atoms with E-state index in [9.17, 15) is 0 Å². The number of para-hydroxylation sites is 1. The summed E-state index contributed by atoms with van der Waals surface area (Å²) in [5.74, 6) is 0. The van der Waals surface area contributed by atoms with E-state index in [1.807, 2.05) is 48.8 Å². The number of rotatable bonds is 1. The highest BCUT2D eigenvalue weighted by Gasteiger charge is 2.08. The maximum absolute atomic E-state index is 4.32. The van der Waals surface area contributed by atoms with Crippen LogP contribution in [-0.2, 0) is 0 Å². The van der Waals surface area contributed by atoms with Gasteiger partial charge >= 0.3 is 0 Å². The maximum Gasteiger partial charge on any atom is 0.0709 e. The van der Waals surface area contributed by atoms with Gasteiger partial charge in [-0.2, -0.15) is 0 Å². The monoisotopic (exact) mass is 193 g/mol. The van der Waals surface area contributed by atoms with Gasteiger partial charge in [-0.3, -0.25) is 10.3 Å². The van der Waals surface area contributed by atoms with Crippen molar-refractivity contribution in [2.45, 2.75) is 0 Å². The van der Waals surface area contributed by atoms with E-state index < -0.39 is 0 Å². The predicted octanol–water partition coefficient (Wildman–Crippen LogP) is 2.71. The van der Waals surface area contributed by atoms with E-state index in [1.165, 1.54) is 0 Å². The van der Waals surface area contributed by atoms with E-state index in [4.69, 9.17) is 0 Å². The topological polar surface area (TPSA) is 27.0 Å². The van der Waals surface area contributed by atoms with Gasteiger partial charge in [0, 0.05) is 23.3 Å². The lowest BCUT2D eigenvalue weighted by molar-refractivity contribution is 1.22. The molecule has 2 heteroatoms. The van der Waals surface area contributed by atoms with Crippen molar-refractivity contribution in [3.63, 3.8) is 0 Å². The van der Waals surface area contributed by atoms with Gasteiger partial charge in [0.2, 0.25) is 0 Å². The van der Waals surface area contributed by atoms with Crippen molar-refractivity contribution in [1.29, 1.82) is 0 Å². The van der Waals surface area contributed by atoms with E-state index >= 15 is 0 Å². The first-order valence-corrected chi connectivity index (χ1v) is 4.87. The SMILES string of the molecule is C1=C[N]C(c2ccnc3ccccc23)=C1. The van der Waals surface area contributed by atoms with E-state index in [1.54, 1.807) is 0 Å². The average molecular weight is 193 g/mol. The lowest BCUT2D eigenvalue weighted by Crippen LogP contribution is -1.93. The normalized spacial score (nSPS) is 14.0. The van der Waals surface area contributed by atoms with E-state index in [0.717, 1.165) is 22.2 Å². The third kappa shape index (κ3) is 1.31. The highest BCUT2D eigenvalue weighted by molar-refractivity contribution is 5.91. The Morgan fingerprint density at radius 1 is 1.00 bits per heavy atom. The molecule has 3 rings (SSSR count). The van der Waals surface area contributed by atoms with Crippen molar-refractivity contribution in [2.75, 3.05) is 0 Å². The lowest BCUT2D eigenvalue weighted by Gasteiger charge is -2.05. The van der Waals surface area contributed by atoms with Crippen LogP contribution in [0.15, 0.2) is 54.9 Å². The molecule has 2 nitrogen and oxygen atoms in total. The van der Waals surface area contributed by atoms with Crippen LogP contribution in [0.4, 0.5) is 0 Å². The van der Waals surface area contributed by atoms with Gasteiger partial charge in [0.15, 0.2) is 0 Å². The van der Waals surface area contributed by atoms with Crippen LogP contribution in [0.5, 0.6) is 0 Å². The van der Waals surface area contributed by atoms with Gasteiger partial charge < -0.3 is 0 Å². The number of benzene rings is 1. The molecule has 0 atom stereocenters. The highest BCUT2D eigenvalue weighted by Crippen LogP contribution is 2.24. The standard InChI is InChI=1S/C13H9N2/c1-2-5-12-10(4-1)11(7-9-15-12)13-6-3-8-14-13/h1-9H. The second-order valence-electron chi connectivity index (χ2n) is 3.40. The van der Waals surface area contributed by atoms with Gasteiger partial charge in [-0.25, -0.2) is 0 Å². The number of fused-ring (bicyclic) bond motifs is 1. The molecule has 1 aromatic carbocycles. The fraction of sp³-hybridized carbons (Fsp3) is 0. The first kappa shape index (κ1) is 8.24. The molecular weight excluding hydrogens is 184 g/mol. The second kappa shape index (κ2) is 3.24. The highest BCUT2D eigenvalue weighted by atomic mass is 14.9. The molecule has 1 aromatic heterocycles. The summed E-state index contributed by atoms with van der Waals surface area (Å²) in [4.78, 5) is 4.32. The summed E-state index contributed by atoms with van der Waals surface area (Å²) in [5, 5.41) is 5.46. The molecule has 0 spiro atoms. The van der Waals surface area contributed by atoms with Crippen molar-refractivity contribution in [1.82, 2.24) is 10.3 Å². The lowest BCUT2D eigenvalue weighted by atomic mass is 10.1. The van der Waals surface area contributed by atoms with Crippen LogP contribution in [0.3, 0.4) is 0 Å². The van der Waals surface area contributed by atoms with Gasteiger partial charge in [-0.05, 0) is 24.3 Å². The quantitative estimate of drug-likeness (QED) is 0.684. The zero-order chi connectivity index (χ0) is 10.1. The molecule has 1 radical (unpaired) electrons. The van der Waals surface area contributed by atoms with Crippen molar-refractivity contribution < 1.29 is 0 Å². The van der Waals surface area contributed by atoms with Crippen molar-refractivity contribution in [3.05, 3.63) is 60.4 Å². The minimum atomic E-state index is 1.01. The minimum absolute atomic E-state index is 1.01. The molecule has 15 heavy (non-hydrogen) atoms. The van der Waals surface area contributed by atoms with Gasteiger partial charge in [0.1, 0.15) is 0 Å². The molecular formula is C13H9N2. The molecule has 0 saturated heterocycles. The van der Waals surface area contributed by atoms with E-state index in [0.29, 0.717) is 0 Å². The van der Waals surface area contributed by atoms with Crippen molar-refractivity contribution in [2.24, 2.45) is 0 Å². The Bertz CT molecular complexity index is 562. The van der Waals surface area contributed by atoms with Crippen LogP contribution in [0, 0.1) is 0 Å². The Kier molecular flexibility index (Phi) is 1.78. The number of pyridine rings is 1. The fourth-order valence-corrected chi connectivity index (χ4v) is 1.78. The minimum Gasteiger partial charge on any atom is -0.256 e. The first-order valence-electron chi connectivity index (χ1n) is 4.87. The smallest absolute Gasteiger partial charge is 0.0709 e. The summed E-state index contributed by atoms with van der Waals surface area (Å²) in [5.41, 5.74) is 3.16. The van der Waals surface area contributed by atoms with Gasteiger partial charge in [0.05, 0.1) is 11.2 Å². The molecule has 71 valence electrons. The Labute approximate surface area is 88.0 Å². The van der Waals surface area contributed by atoms with Crippen LogP contribution in [0.2, 0.25) is 0 Å². The van der Waals surface area contributed by atoms with Crippen LogP contribution in [-0.4, -0.2) is 4.98 Å². The van der Waals surface area contributed by atoms with Crippen LogP contribution >= 0.6 is 0 Å². The summed E-state index contributed by atoms with van der Waals surface area (Å²) in [6.07, 6.45) is 7.60. The third-order valence-electron chi connectivity index (χ3n) is 2.48. The number of hydrogen-bond acceptors (Lipinski definition) is 1.